The van der Waals surface area contributed by atoms with Gasteiger partial charge in [0.1, 0.15) is 11.6 Å². The topological polar surface area (TPSA) is 116 Å². The fraction of sp³-hybridized carbons (Fsp3) is 0.158. The molecule has 2 aromatic carbocycles. The Morgan fingerprint density at radius 3 is 2.63 bits per heavy atom. The maximum absolute atomic E-state index is 12.3. The number of benzene rings is 2. The molecule has 7 nitrogen and oxygen atoms in total. The van der Waals surface area contributed by atoms with Crippen molar-refractivity contribution >= 4 is 35.1 Å². The summed E-state index contributed by atoms with van der Waals surface area (Å²) < 4.78 is 0. The Balaban J connectivity index is 2.26. The highest BCUT2D eigenvalue weighted by molar-refractivity contribution is 7.99. The number of thioether (sulfide) groups is 1. The Kier molecular flexibility index (Phi) is 7.11. The molecule has 0 saturated heterocycles. The van der Waals surface area contributed by atoms with E-state index in [0.29, 0.717) is 21.9 Å². The smallest absolute Gasteiger partial charge is 0.283 e. The standard InChI is InChI=1S/C19H17N3O4S/c1-13-2-5-16(6-3-13)21-19(24)15(12-20)10-14-4-7-18(27-9-8-23)17(11-14)22(25)26/h2-7,10-11,23H,8-9H2,1H3,(H,21,24)/b15-10+. The Morgan fingerprint density at radius 1 is 1.33 bits per heavy atom. The fourth-order valence-corrected chi connectivity index (χ4v) is 2.95. The number of nitrogens with one attached hydrogen (secondary N) is 1. The molecular formula is C19H17N3O4S. The van der Waals surface area contributed by atoms with Gasteiger partial charge in [-0.05, 0) is 36.8 Å². The van der Waals surface area contributed by atoms with Crippen LogP contribution in [0.15, 0.2) is 52.9 Å². The van der Waals surface area contributed by atoms with Gasteiger partial charge in [-0.1, -0.05) is 23.8 Å². The van der Waals surface area contributed by atoms with Crippen LogP contribution in [0, 0.1) is 28.4 Å². The van der Waals surface area contributed by atoms with Crippen LogP contribution in [0.3, 0.4) is 0 Å². The summed E-state index contributed by atoms with van der Waals surface area (Å²) in [6, 6.07) is 13.4. The van der Waals surface area contributed by atoms with Crippen molar-refractivity contribution in [1.82, 2.24) is 0 Å². The third-order valence-corrected chi connectivity index (χ3v) is 4.56. The molecule has 1 amide bonds. The van der Waals surface area contributed by atoms with Crippen molar-refractivity contribution in [2.24, 2.45) is 0 Å². The van der Waals surface area contributed by atoms with E-state index in [1.807, 2.05) is 25.1 Å². The molecule has 0 aliphatic rings. The van der Waals surface area contributed by atoms with Crippen molar-refractivity contribution < 1.29 is 14.8 Å². The number of aliphatic hydroxyl groups excluding tert-OH is 1. The molecule has 0 saturated carbocycles. The third-order valence-electron chi connectivity index (χ3n) is 3.51. The molecule has 2 aromatic rings. The van der Waals surface area contributed by atoms with E-state index in [0.717, 1.165) is 17.3 Å². The van der Waals surface area contributed by atoms with Crippen LogP contribution in [-0.4, -0.2) is 28.3 Å². The number of nitriles is 1. The van der Waals surface area contributed by atoms with Gasteiger partial charge in [-0.3, -0.25) is 14.9 Å². The maximum atomic E-state index is 12.3. The highest BCUT2D eigenvalue weighted by Crippen LogP contribution is 2.30. The maximum Gasteiger partial charge on any atom is 0.283 e. The second-order valence-corrected chi connectivity index (χ2v) is 6.68. The van der Waals surface area contributed by atoms with Gasteiger partial charge in [0.25, 0.3) is 11.6 Å². The van der Waals surface area contributed by atoms with Gasteiger partial charge >= 0.3 is 0 Å². The van der Waals surface area contributed by atoms with E-state index < -0.39 is 10.8 Å². The molecule has 2 rings (SSSR count). The first-order valence-corrected chi connectivity index (χ1v) is 8.95. The quantitative estimate of drug-likeness (QED) is 0.248. The van der Waals surface area contributed by atoms with Crippen LogP contribution in [0.1, 0.15) is 11.1 Å². The second-order valence-electron chi connectivity index (χ2n) is 5.55. The van der Waals surface area contributed by atoms with Crippen molar-refractivity contribution in [3.05, 3.63) is 69.3 Å². The summed E-state index contributed by atoms with van der Waals surface area (Å²) in [5.41, 5.74) is 1.65. The molecule has 2 N–H and O–H groups in total. The predicted molar refractivity (Wildman–Crippen MR) is 104 cm³/mol. The zero-order chi connectivity index (χ0) is 19.8. The van der Waals surface area contributed by atoms with Crippen molar-refractivity contribution in [3.8, 4) is 6.07 Å². The van der Waals surface area contributed by atoms with Crippen LogP contribution in [0.5, 0.6) is 0 Å². The number of hydrogen-bond acceptors (Lipinski definition) is 6. The van der Waals surface area contributed by atoms with E-state index >= 15 is 0 Å². The third kappa shape index (κ3) is 5.67. The molecule has 0 spiro atoms. The number of amides is 1. The lowest BCUT2D eigenvalue weighted by Gasteiger charge is -2.06. The molecule has 0 aliphatic heterocycles. The van der Waals surface area contributed by atoms with Crippen molar-refractivity contribution in [1.29, 1.82) is 5.26 Å². The van der Waals surface area contributed by atoms with Gasteiger partial charge in [0.05, 0.1) is 16.4 Å². The van der Waals surface area contributed by atoms with Gasteiger partial charge in [-0.15, -0.1) is 11.8 Å². The lowest BCUT2D eigenvalue weighted by Crippen LogP contribution is -2.13. The Bertz CT molecular complexity index is 918. The van der Waals surface area contributed by atoms with Gasteiger partial charge in [0.2, 0.25) is 0 Å². The van der Waals surface area contributed by atoms with Gasteiger partial charge < -0.3 is 10.4 Å². The summed E-state index contributed by atoms with van der Waals surface area (Å²) in [4.78, 5) is 23.4. The molecule has 0 bridgehead atoms. The number of rotatable bonds is 7. The zero-order valence-electron chi connectivity index (χ0n) is 14.5. The van der Waals surface area contributed by atoms with E-state index in [4.69, 9.17) is 5.11 Å². The van der Waals surface area contributed by atoms with Gasteiger partial charge in [0, 0.05) is 17.5 Å². The first-order chi connectivity index (χ1) is 12.9. The largest absolute Gasteiger partial charge is 0.396 e. The van der Waals surface area contributed by atoms with Crippen LogP contribution in [0.2, 0.25) is 0 Å². The van der Waals surface area contributed by atoms with Crippen molar-refractivity contribution in [2.45, 2.75) is 11.8 Å². The highest BCUT2D eigenvalue weighted by atomic mass is 32.2. The van der Waals surface area contributed by atoms with Crippen LogP contribution in [0.4, 0.5) is 11.4 Å². The van der Waals surface area contributed by atoms with E-state index in [9.17, 15) is 20.2 Å². The molecule has 0 fully saturated rings. The number of carbonyl (C=O) groups excluding carboxylic acids is 1. The molecule has 138 valence electrons. The summed E-state index contributed by atoms with van der Waals surface area (Å²) in [5.74, 6) is -0.263. The first-order valence-electron chi connectivity index (χ1n) is 7.96. The van der Waals surface area contributed by atoms with E-state index in [1.165, 1.54) is 18.2 Å². The van der Waals surface area contributed by atoms with Crippen LogP contribution >= 0.6 is 11.8 Å². The van der Waals surface area contributed by atoms with Crippen LogP contribution in [-0.2, 0) is 4.79 Å². The Labute approximate surface area is 160 Å². The molecule has 0 unspecified atom stereocenters. The van der Waals surface area contributed by atoms with E-state index in [2.05, 4.69) is 5.32 Å². The molecule has 0 atom stereocenters. The highest BCUT2D eigenvalue weighted by Gasteiger charge is 2.16. The van der Waals surface area contributed by atoms with E-state index in [-0.39, 0.29) is 17.9 Å². The summed E-state index contributed by atoms with van der Waals surface area (Å²) in [7, 11) is 0. The minimum atomic E-state index is -0.595. The lowest BCUT2D eigenvalue weighted by molar-refractivity contribution is -0.387. The molecule has 0 radical (unpaired) electrons. The SMILES string of the molecule is Cc1ccc(NC(=O)/C(C#N)=C/c2ccc(SCCO)c([N+](=O)[O-])c2)cc1. The Morgan fingerprint density at radius 2 is 2.04 bits per heavy atom. The zero-order valence-corrected chi connectivity index (χ0v) is 15.3. The average Bonchev–Trinajstić information content (AvgIpc) is 2.66. The van der Waals surface area contributed by atoms with E-state index in [1.54, 1.807) is 18.2 Å². The number of carbonyl (C=O) groups is 1. The summed E-state index contributed by atoms with van der Waals surface area (Å²) in [6.07, 6.45) is 1.30. The number of nitrogens with zero attached hydrogens (tertiary/aromatic N) is 2. The van der Waals surface area contributed by atoms with Gasteiger partial charge in [0.15, 0.2) is 0 Å². The predicted octanol–water partition coefficient (Wildman–Crippen LogP) is 3.53. The molecular weight excluding hydrogens is 366 g/mol. The van der Waals surface area contributed by atoms with Gasteiger partial charge in [-0.25, -0.2) is 0 Å². The van der Waals surface area contributed by atoms with Crippen LogP contribution in [0.25, 0.3) is 6.08 Å². The lowest BCUT2D eigenvalue weighted by atomic mass is 10.1. The number of hydrogen-bond donors (Lipinski definition) is 2. The molecule has 0 aromatic heterocycles. The molecule has 8 heteroatoms. The Hall–Kier alpha value is -3.15. The molecule has 0 aliphatic carbocycles. The minimum absolute atomic E-state index is 0.0960. The number of nitro groups is 1. The second kappa shape index (κ2) is 9.52. The average molecular weight is 383 g/mol. The monoisotopic (exact) mass is 383 g/mol. The van der Waals surface area contributed by atoms with Gasteiger partial charge in [-0.2, -0.15) is 5.26 Å². The van der Waals surface area contributed by atoms with Crippen molar-refractivity contribution in [3.63, 3.8) is 0 Å². The molecule has 27 heavy (non-hydrogen) atoms. The summed E-state index contributed by atoms with van der Waals surface area (Å²) >= 11 is 1.16. The summed E-state index contributed by atoms with van der Waals surface area (Å²) in [6.45, 7) is 1.82. The number of aliphatic hydroxyl groups is 1. The number of nitro benzene ring substituents is 1. The summed E-state index contributed by atoms with van der Waals surface area (Å²) in [5, 5.41) is 32.0. The first kappa shape index (κ1) is 20.2. The minimum Gasteiger partial charge on any atom is -0.396 e. The van der Waals surface area contributed by atoms with Crippen LogP contribution < -0.4 is 5.32 Å². The number of anilines is 1. The molecule has 0 heterocycles. The normalized spacial score (nSPS) is 10.9. The van der Waals surface area contributed by atoms with Crippen molar-refractivity contribution in [2.75, 3.05) is 17.7 Å². The fourth-order valence-electron chi connectivity index (χ4n) is 2.20. The number of aryl methyl sites for hydroxylation is 1.